The van der Waals surface area contributed by atoms with Gasteiger partial charge in [-0.25, -0.2) is 0 Å². The molecule has 0 unspecified atom stereocenters. The summed E-state index contributed by atoms with van der Waals surface area (Å²) in [6, 6.07) is 1.24. The minimum absolute atomic E-state index is 0.209. The summed E-state index contributed by atoms with van der Waals surface area (Å²) >= 11 is 0. The molecule has 2 heterocycles. The fourth-order valence-corrected chi connectivity index (χ4v) is 6.51. The van der Waals surface area contributed by atoms with Crippen LogP contribution >= 0.6 is 0 Å². The maximum Gasteiger partial charge on any atom is 0.0170 e. The molecule has 0 aromatic heterocycles. The van der Waals surface area contributed by atoms with E-state index in [1.165, 1.54) is 25.7 Å². The number of hydrogen-bond acceptors (Lipinski definition) is 6. The third-order valence-corrected chi connectivity index (χ3v) is 8.86. The van der Waals surface area contributed by atoms with Crippen molar-refractivity contribution in [3.05, 3.63) is 0 Å². The van der Waals surface area contributed by atoms with Crippen molar-refractivity contribution in [1.29, 1.82) is 0 Å². The first-order valence-electron chi connectivity index (χ1n) is 13.0. The van der Waals surface area contributed by atoms with E-state index in [1.54, 1.807) is 0 Å². The minimum atomic E-state index is 0.209. The van der Waals surface area contributed by atoms with Gasteiger partial charge in [-0.15, -0.1) is 0 Å². The van der Waals surface area contributed by atoms with Crippen LogP contribution in [0.1, 0.15) is 81.1 Å². The lowest BCUT2D eigenvalue weighted by atomic mass is 9.73. The summed E-state index contributed by atoms with van der Waals surface area (Å²) in [4.78, 5) is 8.13. The average molecular weight is 453 g/mol. The summed E-state index contributed by atoms with van der Waals surface area (Å²) in [6.45, 7) is 25.2. The zero-order valence-corrected chi connectivity index (χ0v) is 23.1. The van der Waals surface area contributed by atoms with Gasteiger partial charge in [0, 0.05) is 73.5 Å². The van der Waals surface area contributed by atoms with Crippen LogP contribution in [0.2, 0.25) is 0 Å². The van der Waals surface area contributed by atoms with E-state index in [-0.39, 0.29) is 22.2 Å². The number of likely N-dealkylation sites (tertiary alicyclic amines) is 2. The molecule has 6 nitrogen and oxygen atoms in total. The van der Waals surface area contributed by atoms with Gasteiger partial charge in [0.1, 0.15) is 0 Å². The Morgan fingerprint density at radius 3 is 1.34 bits per heavy atom. The van der Waals surface area contributed by atoms with E-state index in [4.69, 9.17) is 5.73 Å². The molecule has 2 aliphatic heterocycles. The van der Waals surface area contributed by atoms with Gasteiger partial charge in [-0.1, -0.05) is 0 Å². The van der Waals surface area contributed by atoms with E-state index >= 15 is 0 Å². The number of nitrogens with two attached hydrogens (primary N) is 1. The number of nitrogens with zero attached hydrogens (tertiary/aromatic N) is 3. The summed E-state index contributed by atoms with van der Waals surface area (Å²) in [5.41, 5.74) is 6.42. The highest BCUT2D eigenvalue weighted by molar-refractivity contribution is 5.06. The van der Waals surface area contributed by atoms with Gasteiger partial charge < -0.3 is 16.4 Å². The molecule has 190 valence electrons. The SMILES string of the molecule is CN1C(C)(C)CC(N(CCNCCNCCN)C2CC(C)(C)N(C)C(C)(C)C2)CC1(C)C. The Balaban J connectivity index is 2.18. The number of hydrogen-bond donors (Lipinski definition) is 3. The highest BCUT2D eigenvalue weighted by atomic mass is 15.3. The molecule has 2 saturated heterocycles. The van der Waals surface area contributed by atoms with E-state index in [0.29, 0.717) is 18.6 Å². The average Bonchev–Trinajstić information content (AvgIpc) is 2.65. The molecule has 0 aromatic carbocycles. The van der Waals surface area contributed by atoms with Crippen LogP contribution in [0.3, 0.4) is 0 Å². The molecule has 32 heavy (non-hydrogen) atoms. The summed E-state index contributed by atoms with van der Waals surface area (Å²) in [7, 11) is 4.64. The van der Waals surface area contributed by atoms with Crippen LogP contribution in [0.5, 0.6) is 0 Å². The zero-order valence-electron chi connectivity index (χ0n) is 23.1. The van der Waals surface area contributed by atoms with Gasteiger partial charge in [0.05, 0.1) is 0 Å². The second-order valence-corrected chi connectivity index (χ2v) is 13.0. The van der Waals surface area contributed by atoms with Crippen molar-refractivity contribution in [2.75, 3.05) is 53.4 Å². The van der Waals surface area contributed by atoms with E-state index in [2.05, 4.69) is 94.8 Å². The molecule has 0 saturated carbocycles. The van der Waals surface area contributed by atoms with Gasteiger partial charge in [-0.05, 0) is 95.2 Å². The van der Waals surface area contributed by atoms with Crippen LogP contribution in [0, 0.1) is 0 Å². The normalized spacial score (nSPS) is 26.6. The van der Waals surface area contributed by atoms with E-state index < -0.39 is 0 Å². The Kier molecular flexibility index (Phi) is 9.25. The molecule has 0 aromatic rings. The largest absolute Gasteiger partial charge is 0.329 e. The van der Waals surface area contributed by atoms with Crippen molar-refractivity contribution < 1.29 is 0 Å². The molecule has 4 N–H and O–H groups in total. The predicted octanol–water partition coefficient (Wildman–Crippen LogP) is 2.73. The zero-order chi connectivity index (χ0) is 24.4. The van der Waals surface area contributed by atoms with Crippen LogP contribution in [0.25, 0.3) is 0 Å². The van der Waals surface area contributed by atoms with Gasteiger partial charge in [-0.2, -0.15) is 0 Å². The van der Waals surface area contributed by atoms with Crippen molar-refractivity contribution in [2.24, 2.45) is 5.73 Å². The second kappa shape index (κ2) is 10.6. The smallest absolute Gasteiger partial charge is 0.0170 e. The Labute approximate surface area is 200 Å². The number of nitrogens with one attached hydrogen (secondary N) is 2. The molecule has 0 spiro atoms. The standard InChI is InChI=1S/C26H56N6/c1-23(2)17-21(18-24(3,4)30(23)9)32(16-15-29-14-13-28-12-11-27)22-19-25(5,6)31(10)26(7,8)20-22/h21-22,28-29H,11-20,27H2,1-10H3. The van der Waals surface area contributed by atoms with E-state index in [1.807, 2.05) is 0 Å². The molecule has 0 radical (unpaired) electrons. The van der Waals surface area contributed by atoms with Crippen LogP contribution < -0.4 is 16.4 Å². The topological polar surface area (TPSA) is 59.8 Å². The molecule has 2 fully saturated rings. The molecule has 2 rings (SSSR count). The lowest BCUT2D eigenvalue weighted by molar-refractivity contribution is -0.0911. The van der Waals surface area contributed by atoms with Gasteiger partial charge >= 0.3 is 0 Å². The highest BCUT2D eigenvalue weighted by Gasteiger charge is 2.49. The molecular formula is C26H56N6. The summed E-state index contributed by atoms with van der Waals surface area (Å²) in [6.07, 6.45) is 4.94. The van der Waals surface area contributed by atoms with Gasteiger partial charge in [-0.3, -0.25) is 14.7 Å². The number of piperidine rings is 2. The van der Waals surface area contributed by atoms with Gasteiger partial charge in [0.15, 0.2) is 0 Å². The van der Waals surface area contributed by atoms with Crippen LogP contribution in [0.15, 0.2) is 0 Å². The molecule has 0 atom stereocenters. The molecule has 0 amide bonds. The van der Waals surface area contributed by atoms with Gasteiger partial charge in [0.25, 0.3) is 0 Å². The minimum Gasteiger partial charge on any atom is -0.329 e. The van der Waals surface area contributed by atoms with Crippen molar-refractivity contribution in [1.82, 2.24) is 25.3 Å². The highest BCUT2D eigenvalue weighted by Crippen LogP contribution is 2.43. The van der Waals surface area contributed by atoms with Crippen LogP contribution in [-0.4, -0.2) is 102 Å². The summed E-state index contributed by atoms with van der Waals surface area (Å²) in [5.74, 6) is 0. The quantitative estimate of drug-likeness (QED) is 0.443. The first-order chi connectivity index (χ1) is 14.6. The maximum absolute atomic E-state index is 5.58. The summed E-state index contributed by atoms with van der Waals surface area (Å²) < 4.78 is 0. The fourth-order valence-electron chi connectivity index (χ4n) is 6.51. The first kappa shape index (κ1) is 28.0. The van der Waals surface area contributed by atoms with E-state index in [0.717, 1.165) is 32.7 Å². The Hall–Kier alpha value is -0.240. The van der Waals surface area contributed by atoms with E-state index in [9.17, 15) is 0 Å². The first-order valence-corrected chi connectivity index (χ1v) is 13.0. The van der Waals surface area contributed by atoms with Crippen molar-refractivity contribution >= 4 is 0 Å². The lowest BCUT2D eigenvalue weighted by Crippen LogP contribution is -2.67. The lowest BCUT2D eigenvalue weighted by Gasteiger charge is -2.60. The summed E-state index contributed by atoms with van der Waals surface area (Å²) in [5, 5.41) is 7.08. The van der Waals surface area contributed by atoms with Crippen LogP contribution in [-0.2, 0) is 0 Å². The fraction of sp³-hybridized carbons (Fsp3) is 1.00. The Morgan fingerprint density at radius 2 is 1.00 bits per heavy atom. The molecule has 0 bridgehead atoms. The van der Waals surface area contributed by atoms with Gasteiger partial charge in [0.2, 0.25) is 0 Å². The monoisotopic (exact) mass is 452 g/mol. The second-order valence-electron chi connectivity index (χ2n) is 13.0. The predicted molar refractivity (Wildman–Crippen MR) is 139 cm³/mol. The third kappa shape index (κ3) is 6.67. The van der Waals surface area contributed by atoms with Crippen molar-refractivity contribution in [2.45, 2.75) is 115 Å². The molecule has 0 aliphatic carbocycles. The van der Waals surface area contributed by atoms with Crippen molar-refractivity contribution in [3.8, 4) is 0 Å². The van der Waals surface area contributed by atoms with Crippen LogP contribution in [0.4, 0.5) is 0 Å². The van der Waals surface area contributed by atoms with Crippen molar-refractivity contribution in [3.63, 3.8) is 0 Å². The molecule has 2 aliphatic rings. The Bertz CT molecular complexity index is 507. The third-order valence-electron chi connectivity index (χ3n) is 8.86. The number of rotatable bonds is 10. The Morgan fingerprint density at radius 1 is 0.656 bits per heavy atom. The maximum atomic E-state index is 5.58. The molecule has 6 heteroatoms. The molecular weight excluding hydrogens is 396 g/mol.